The first-order chi connectivity index (χ1) is 7.72. The number of nitrogens with two attached hydrogens (primary N) is 1. The molecule has 0 amide bonds. The van der Waals surface area contributed by atoms with Crippen molar-refractivity contribution >= 4 is 15.9 Å². The molecule has 1 atom stereocenters. The van der Waals surface area contributed by atoms with Crippen LogP contribution in [0.25, 0.3) is 5.69 Å². The topological polar surface area (TPSA) is 64.1 Å². The lowest BCUT2D eigenvalue weighted by atomic mass is 10.1. The molecule has 2 rings (SSSR count). The fourth-order valence-corrected chi connectivity index (χ4v) is 1.87. The van der Waals surface area contributed by atoms with Crippen LogP contribution in [0.4, 0.5) is 0 Å². The van der Waals surface area contributed by atoms with Crippen LogP contribution >= 0.6 is 15.9 Å². The third-order valence-electron chi connectivity index (χ3n) is 2.34. The second-order valence-electron chi connectivity index (χ2n) is 3.41. The van der Waals surface area contributed by atoms with E-state index in [0.29, 0.717) is 0 Å². The van der Waals surface area contributed by atoms with Crippen LogP contribution in [0.15, 0.2) is 41.1 Å². The lowest BCUT2D eigenvalue weighted by Gasteiger charge is -2.09. The summed E-state index contributed by atoms with van der Waals surface area (Å²) in [6.45, 7) is 0.227. The maximum atomic E-state index is 9.55. The summed E-state index contributed by atoms with van der Waals surface area (Å²) in [6, 6.07) is 9.35. The summed E-state index contributed by atoms with van der Waals surface area (Å²) in [5.74, 6) is 0. The zero-order chi connectivity index (χ0) is 11.5. The number of hydrogen-bond acceptors (Lipinski definition) is 3. The molecule has 0 bridgehead atoms. The van der Waals surface area contributed by atoms with E-state index >= 15 is 0 Å². The van der Waals surface area contributed by atoms with Crippen LogP contribution in [0.1, 0.15) is 11.7 Å². The van der Waals surface area contributed by atoms with Crippen LogP contribution in [0.5, 0.6) is 0 Å². The van der Waals surface area contributed by atoms with Crippen molar-refractivity contribution < 1.29 is 5.11 Å². The molecule has 0 fully saturated rings. The zero-order valence-electron chi connectivity index (χ0n) is 8.55. The van der Waals surface area contributed by atoms with Crippen LogP contribution in [0, 0.1) is 0 Å². The Bertz CT molecular complexity index is 466. The van der Waals surface area contributed by atoms with Crippen molar-refractivity contribution in [2.24, 2.45) is 5.73 Å². The van der Waals surface area contributed by atoms with Crippen molar-refractivity contribution in [1.82, 2.24) is 9.78 Å². The van der Waals surface area contributed by atoms with E-state index in [1.807, 2.05) is 30.3 Å². The van der Waals surface area contributed by atoms with Gasteiger partial charge in [0.2, 0.25) is 0 Å². The maximum Gasteiger partial charge on any atom is 0.109 e. The van der Waals surface area contributed by atoms with Crippen LogP contribution in [-0.4, -0.2) is 21.4 Å². The van der Waals surface area contributed by atoms with Gasteiger partial charge in [0.05, 0.1) is 18.0 Å². The van der Waals surface area contributed by atoms with Gasteiger partial charge < -0.3 is 10.8 Å². The van der Waals surface area contributed by atoms with E-state index in [9.17, 15) is 5.11 Å². The molecule has 1 unspecified atom stereocenters. The highest BCUT2D eigenvalue weighted by Gasteiger charge is 2.06. The third kappa shape index (κ3) is 2.16. The molecule has 0 aliphatic rings. The fraction of sp³-hybridized carbons (Fsp3) is 0.182. The van der Waals surface area contributed by atoms with Gasteiger partial charge in [-0.2, -0.15) is 5.10 Å². The summed E-state index contributed by atoms with van der Waals surface area (Å²) >= 11 is 3.40. The summed E-state index contributed by atoms with van der Waals surface area (Å²) in [5.41, 5.74) is 7.14. The molecule has 2 aromatic rings. The van der Waals surface area contributed by atoms with E-state index in [1.54, 1.807) is 10.9 Å². The van der Waals surface area contributed by atoms with Gasteiger partial charge in [0.15, 0.2) is 0 Å². The van der Waals surface area contributed by atoms with Gasteiger partial charge in [0, 0.05) is 6.54 Å². The lowest BCUT2D eigenvalue weighted by Crippen LogP contribution is -2.11. The van der Waals surface area contributed by atoms with Crippen LogP contribution < -0.4 is 5.73 Å². The molecule has 0 radical (unpaired) electrons. The standard InChI is InChI=1S/C11H12BrN3O/c12-11-5-6-14-15(11)9-3-1-8(2-4-9)10(16)7-13/h1-6,10,16H,7,13H2. The smallest absolute Gasteiger partial charge is 0.109 e. The first kappa shape index (κ1) is 11.3. The highest BCUT2D eigenvalue weighted by Crippen LogP contribution is 2.18. The number of hydrogen-bond donors (Lipinski definition) is 2. The van der Waals surface area contributed by atoms with Crippen LogP contribution in [0.3, 0.4) is 0 Å². The SMILES string of the molecule is NCC(O)c1ccc(-n2nccc2Br)cc1. The molecule has 16 heavy (non-hydrogen) atoms. The van der Waals surface area contributed by atoms with Gasteiger partial charge in [-0.3, -0.25) is 0 Å². The minimum atomic E-state index is -0.602. The average Bonchev–Trinajstić information content (AvgIpc) is 2.75. The van der Waals surface area contributed by atoms with Gasteiger partial charge in [0.25, 0.3) is 0 Å². The van der Waals surface area contributed by atoms with Gasteiger partial charge in [0.1, 0.15) is 4.60 Å². The maximum absolute atomic E-state index is 9.55. The normalized spacial score (nSPS) is 12.7. The molecule has 0 spiro atoms. The Morgan fingerprint density at radius 2 is 2.00 bits per heavy atom. The van der Waals surface area contributed by atoms with Crippen molar-refractivity contribution in [1.29, 1.82) is 0 Å². The molecule has 0 aliphatic carbocycles. The Morgan fingerprint density at radius 1 is 1.31 bits per heavy atom. The van der Waals surface area contributed by atoms with E-state index in [1.165, 1.54) is 0 Å². The molecule has 1 aromatic heterocycles. The molecule has 5 heteroatoms. The number of halogens is 1. The Labute approximate surface area is 102 Å². The predicted molar refractivity (Wildman–Crippen MR) is 65.3 cm³/mol. The van der Waals surface area contributed by atoms with E-state index < -0.39 is 6.10 Å². The number of aliphatic hydroxyl groups is 1. The Morgan fingerprint density at radius 3 is 2.50 bits per heavy atom. The van der Waals surface area contributed by atoms with Crippen molar-refractivity contribution in [2.75, 3.05) is 6.54 Å². The van der Waals surface area contributed by atoms with E-state index in [2.05, 4.69) is 21.0 Å². The summed E-state index contributed by atoms with van der Waals surface area (Å²) in [4.78, 5) is 0. The van der Waals surface area contributed by atoms with Crippen molar-refractivity contribution in [3.63, 3.8) is 0 Å². The Hall–Kier alpha value is -1.17. The third-order valence-corrected chi connectivity index (χ3v) is 2.94. The largest absolute Gasteiger partial charge is 0.387 e. The predicted octanol–water partition coefficient (Wildman–Crippen LogP) is 1.63. The average molecular weight is 282 g/mol. The van der Waals surface area contributed by atoms with Gasteiger partial charge in [-0.05, 0) is 39.7 Å². The molecule has 0 saturated heterocycles. The quantitative estimate of drug-likeness (QED) is 0.899. The number of rotatable bonds is 3. The Balaban J connectivity index is 2.30. The second kappa shape index (κ2) is 4.78. The summed E-state index contributed by atoms with van der Waals surface area (Å²) in [7, 11) is 0. The van der Waals surface area contributed by atoms with Crippen molar-refractivity contribution in [2.45, 2.75) is 6.10 Å². The molecule has 0 saturated carbocycles. The summed E-state index contributed by atoms with van der Waals surface area (Å²) in [5, 5.41) is 13.7. The van der Waals surface area contributed by atoms with Gasteiger partial charge in [-0.15, -0.1) is 0 Å². The van der Waals surface area contributed by atoms with Crippen LogP contribution in [-0.2, 0) is 0 Å². The number of aromatic nitrogens is 2. The lowest BCUT2D eigenvalue weighted by molar-refractivity contribution is 0.187. The molecular formula is C11H12BrN3O. The zero-order valence-corrected chi connectivity index (χ0v) is 10.1. The molecular weight excluding hydrogens is 270 g/mol. The number of benzene rings is 1. The Kier molecular flexibility index (Phi) is 3.38. The van der Waals surface area contributed by atoms with Gasteiger partial charge in [-0.25, -0.2) is 4.68 Å². The second-order valence-corrected chi connectivity index (χ2v) is 4.22. The van der Waals surface area contributed by atoms with E-state index in [0.717, 1.165) is 15.9 Å². The summed E-state index contributed by atoms with van der Waals surface area (Å²) in [6.07, 6.45) is 1.11. The molecule has 0 aliphatic heterocycles. The first-order valence-electron chi connectivity index (χ1n) is 4.90. The van der Waals surface area contributed by atoms with Crippen molar-refractivity contribution in [3.05, 3.63) is 46.7 Å². The minimum Gasteiger partial charge on any atom is -0.387 e. The first-order valence-corrected chi connectivity index (χ1v) is 5.69. The van der Waals surface area contributed by atoms with E-state index in [4.69, 9.17) is 5.73 Å². The fourth-order valence-electron chi connectivity index (χ4n) is 1.45. The molecule has 1 heterocycles. The highest BCUT2D eigenvalue weighted by molar-refractivity contribution is 9.10. The highest BCUT2D eigenvalue weighted by atomic mass is 79.9. The minimum absolute atomic E-state index is 0.227. The van der Waals surface area contributed by atoms with Gasteiger partial charge >= 0.3 is 0 Å². The van der Waals surface area contributed by atoms with Crippen LogP contribution in [0.2, 0.25) is 0 Å². The number of nitrogens with zero attached hydrogens (tertiary/aromatic N) is 2. The molecule has 1 aromatic carbocycles. The van der Waals surface area contributed by atoms with Gasteiger partial charge in [-0.1, -0.05) is 12.1 Å². The summed E-state index contributed by atoms with van der Waals surface area (Å²) < 4.78 is 2.65. The molecule has 3 N–H and O–H groups in total. The molecule has 84 valence electrons. The van der Waals surface area contributed by atoms with Crippen molar-refractivity contribution in [3.8, 4) is 5.69 Å². The monoisotopic (exact) mass is 281 g/mol. The number of aliphatic hydroxyl groups excluding tert-OH is 1. The molecule has 4 nitrogen and oxygen atoms in total. The van der Waals surface area contributed by atoms with E-state index in [-0.39, 0.29) is 6.54 Å².